The average Bonchev–Trinajstić information content (AvgIpc) is 2.76. The van der Waals surface area contributed by atoms with E-state index in [0.29, 0.717) is 0 Å². The van der Waals surface area contributed by atoms with E-state index in [0.717, 1.165) is 9.31 Å². The maximum Gasteiger partial charge on any atom is 0.343 e. The van der Waals surface area contributed by atoms with Gasteiger partial charge in [0, 0.05) is 19.7 Å². The highest BCUT2D eigenvalue weighted by atomic mass is 32.2. The fraction of sp³-hybridized carbons (Fsp3) is 0.250. The van der Waals surface area contributed by atoms with Gasteiger partial charge in [-0.25, -0.2) is 22.5 Å². The first-order valence-electron chi connectivity index (χ1n) is 6.17. The SMILES string of the molecule is CN(C)S(=O)(=O)c1ccc(C(=O)NN2CC(=O)NC2=O)cc1. The number of hydrogen-bond acceptors (Lipinski definition) is 5. The molecule has 1 heterocycles. The monoisotopic (exact) mass is 326 g/mol. The summed E-state index contributed by atoms with van der Waals surface area (Å²) in [5.41, 5.74) is 2.42. The summed E-state index contributed by atoms with van der Waals surface area (Å²) in [7, 11) is -0.772. The van der Waals surface area contributed by atoms with Gasteiger partial charge in [0.15, 0.2) is 0 Å². The van der Waals surface area contributed by atoms with Crippen molar-refractivity contribution in [2.45, 2.75) is 4.90 Å². The predicted molar refractivity (Wildman–Crippen MR) is 75.0 cm³/mol. The van der Waals surface area contributed by atoms with Gasteiger partial charge in [0.1, 0.15) is 6.54 Å². The van der Waals surface area contributed by atoms with Crippen LogP contribution in [-0.4, -0.2) is 56.2 Å². The summed E-state index contributed by atoms with van der Waals surface area (Å²) in [6, 6.07) is 4.51. The number of hydrazine groups is 1. The van der Waals surface area contributed by atoms with Gasteiger partial charge >= 0.3 is 6.03 Å². The third-order valence-corrected chi connectivity index (χ3v) is 4.75. The first-order chi connectivity index (χ1) is 10.2. The molecule has 0 spiro atoms. The molecule has 0 unspecified atom stereocenters. The van der Waals surface area contributed by atoms with Gasteiger partial charge in [-0.15, -0.1) is 0 Å². The van der Waals surface area contributed by atoms with Gasteiger partial charge in [-0.2, -0.15) is 0 Å². The van der Waals surface area contributed by atoms with E-state index < -0.39 is 27.9 Å². The number of nitrogens with one attached hydrogen (secondary N) is 2. The van der Waals surface area contributed by atoms with Crippen LogP contribution >= 0.6 is 0 Å². The van der Waals surface area contributed by atoms with Crippen molar-refractivity contribution < 1.29 is 22.8 Å². The molecule has 4 amide bonds. The van der Waals surface area contributed by atoms with Crippen LogP contribution in [0.1, 0.15) is 10.4 Å². The molecule has 1 aliphatic heterocycles. The molecule has 10 heteroatoms. The maximum absolute atomic E-state index is 11.9. The van der Waals surface area contributed by atoms with E-state index >= 15 is 0 Å². The van der Waals surface area contributed by atoms with Crippen molar-refractivity contribution in [2.75, 3.05) is 20.6 Å². The van der Waals surface area contributed by atoms with Crippen molar-refractivity contribution in [3.8, 4) is 0 Å². The molecule has 0 atom stereocenters. The van der Waals surface area contributed by atoms with Crippen molar-refractivity contribution in [3.05, 3.63) is 29.8 Å². The molecule has 1 aromatic carbocycles. The molecule has 1 aliphatic rings. The molecular formula is C12H14N4O5S. The number of urea groups is 1. The number of benzene rings is 1. The van der Waals surface area contributed by atoms with Gasteiger partial charge in [0.05, 0.1) is 4.90 Å². The van der Waals surface area contributed by atoms with Gasteiger partial charge in [-0.3, -0.25) is 20.3 Å². The Hall–Kier alpha value is -2.46. The summed E-state index contributed by atoms with van der Waals surface area (Å²) in [4.78, 5) is 34.3. The summed E-state index contributed by atoms with van der Waals surface area (Å²) in [6.07, 6.45) is 0. The van der Waals surface area contributed by atoms with Crippen LogP contribution in [0, 0.1) is 0 Å². The van der Waals surface area contributed by atoms with Crippen LogP contribution in [0.3, 0.4) is 0 Å². The van der Waals surface area contributed by atoms with E-state index in [2.05, 4.69) is 5.43 Å². The molecular weight excluding hydrogens is 312 g/mol. The van der Waals surface area contributed by atoms with E-state index in [-0.39, 0.29) is 17.0 Å². The molecule has 2 N–H and O–H groups in total. The Kier molecular flexibility index (Phi) is 4.15. The first-order valence-corrected chi connectivity index (χ1v) is 7.61. The summed E-state index contributed by atoms with van der Waals surface area (Å²) >= 11 is 0. The van der Waals surface area contributed by atoms with E-state index in [1.807, 2.05) is 5.32 Å². The van der Waals surface area contributed by atoms with Gasteiger partial charge < -0.3 is 0 Å². The lowest BCUT2D eigenvalue weighted by atomic mass is 10.2. The van der Waals surface area contributed by atoms with Crippen LogP contribution in [0.2, 0.25) is 0 Å². The minimum Gasteiger partial charge on any atom is -0.275 e. The molecule has 0 bridgehead atoms. The standard InChI is InChI=1S/C12H14N4O5S/c1-15(2)22(20,21)9-5-3-8(4-6-9)11(18)14-16-7-10(17)13-12(16)19/h3-6H,7H2,1-2H3,(H,14,18)(H,13,17,19). The third-order valence-electron chi connectivity index (χ3n) is 2.92. The molecule has 0 radical (unpaired) electrons. The van der Waals surface area contributed by atoms with E-state index in [4.69, 9.17) is 0 Å². The smallest absolute Gasteiger partial charge is 0.275 e. The maximum atomic E-state index is 11.9. The molecule has 0 aromatic heterocycles. The summed E-state index contributed by atoms with van der Waals surface area (Å²) in [6.45, 7) is -0.266. The molecule has 0 saturated carbocycles. The van der Waals surface area contributed by atoms with Crippen molar-refractivity contribution in [1.29, 1.82) is 0 Å². The topological polar surface area (TPSA) is 116 Å². The molecule has 0 aliphatic carbocycles. The Labute approximate surface area is 126 Å². The number of imide groups is 1. The Morgan fingerprint density at radius 2 is 1.82 bits per heavy atom. The molecule has 118 valence electrons. The van der Waals surface area contributed by atoms with Crippen LogP contribution in [-0.2, 0) is 14.8 Å². The van der Waals surface area contributed by atoms with Crippen molar-refractivity contribution in [1.82, 2.24) is 20.1 Å². The highest BCUT2D eigenvalue weighted by molar-refractivity contribution is 7.89. The molecule has 22 heavy (non-hydrogen) atoms. The fourth-order valence-electron chi connectivity index (χ4n) is 1.71. The number of amides is 4. The molecule has 1 fully saturated rings. The van der Waals surface area contributed by atoms with E-state index in [1.165, 1.54) is 38.4 Å². The van der Waals surface area contributed by atoms with Crippen LogP contribution in [0.15, 0.2) is 29.2 Å². The zero-order valence-corrected chi connectivity index (χ0v) is 12.7. The van der Waals surface area contributed by atoms with Crippen molar-refractivity contribution in [2.24, 2.45) is 0 Å². The highest BCUT2D eigenvalue weighted by Gasteiger charge is 2.28. The number of carbonyl (C=O) groups is 3. The molecule has 1 saturated heterocycles. The number of carbonyl (C=O) groups excluding carboxylic acids is 3. The normalized spacial score (nSPS) is 15.1. The lowest BCUT2D eigenvalue weighted by Crippen LogP contribution is -2.44. The van der Waals surface area contributed by atoms with Gasteiger partial charge in [-0.1, -0.05) is 0 Å². The molecule has 2 rings (SSSR count). The van der Waals surface area contributed by atoms with Crippen molar-refractivity contribution >= 4 is 27.9 Å². The zero-order valence-electron chi connectivity index (χ0n) is 11.9. The second kappa shape index (κ2) is 5.73. The van der Waals surface area contributed by atoms with Gasteiger partial charge in [0.2, 0.25) is 15.9 Å². The second-order valence-corrected chi connectivity index (χ2v) is 6.84. The zero-order chi connectivity index (χ0) is 16.5. The summed E-state index contributed by atoms with van der Waals surface area (Å²) in [5.74, 6) is -1.14. The number of rotatable bonds is 4. The Morgan fingerprint density at radius 1 is 1.23 bits per heavy atom. The number of hydrogen-bond donors (Lipinski definition) is 2. The second-order valence-electron chi connectivity index (χ2n) is 4.69. The fourth-order valence-corrected chi connectivity index (χ4v) is 2.61. The first kappa shape index (κ1) is 15.9. The lowest BCUT2D eigenvalue weighted by molar-refractivity contribution is -0.118. The quantitative estimate of drug-likeness (QED) is 0.698. The molecule has 1 aromatic rings. The lowest BCUT2D eigenvalue weighted by Gasteiger charge is -2.15. The van der Waals surface area contributed by atoms with Gasteiger partial charge in [0.25, 0.3) is 5.91 Å². The minimum atomic E-state index is -3.58. The Balaban J connectivity index is 2.12. The Bertz CT molecular complexity index is 726. The number of nitrogens with zero attached hydrogens (tertiary/aromatic N) is 2. The van der Waals surface area contributed by atoms with Gasteiger partial charge in [-0.05, 0) is 24.3 Å². The van der Waals surface area contributed by atoms with Crippen LogP contribution < -0.4 is 10.7 Å². The summed E-state index contributed by atoms with van der Waals surface area (Å²) < 4.78 is 24.9. The Morgan fingerprint density at radius 3 is 2.27 bits per heavy atom. The average molecular weight is 326 g/mol. The van der Waals surface area contributed by atoms with Crippen LogP contribution in [0.25, 0.3) is 0 Å². The van der Waals surface area contributed by atoms with E-state index in [9.17, 15) is 22.8 Å². The third kappa shape index (κ3) is 3.07. The molecule has 9 nitrogen and oxygen atoms in total. The number of sulfonamides is 1. The van der Waals surface area contributed by atoms with Crippen LogP contribution in [0.5, 0.6) is 0 Å². The minimum absolute atomic E-state index is 0.0446. The van der Waals surface area contributed by atoms with Crippen molar-refractivity contribution in [3.63, 3.8) is 0 Å². The summed E-state index contributed by atoms with van der Waals surface area (Å²) in [5, 5.41) is 2.86. The predicted octanol–water partition coefficient (Wildman–Crippen LogP) is -0.866. The van der Waals surface area contributed by atoms with Crippen LogP contribution in [0.4, 0.5) is 4.79 Å². The van der Waals surface area contributed by atoms with E-state index in [1.54, 1.807) is 0 Å². The largest absolute Gasteiger partial charge is 0.343 e. The highest BCUT2D eigenvalue weighted by Crippen LogP contribution is 2.14.